The molecule has 1 heterocycles. The van der Waals surface area contributed by atoms with E-state index < -0.39 is 17.2 Å². The summed E-state index contributed by atoms with van der Waals surface area (Å²) >= 11 is 10.1. The summed E-state index contributed by atoms with van der Waals surface area (Å²) < 4.78 is 29.1. The van der Waals surface area contributed by atoms with Gasteiger partial charge in [-0.25, -0.2) is 13.8 Å². The Morgan fingerprint density at radius 2 is 1.68 bits per heavy atom. The van der Waals surface area contributed by atoms with E-state index in [0.29, 0.717) is 33.7 Å². The van der Waals surface area contributed by atoms with Crippen molar-refractivity contribution in [3.05, 3.63) is 110 Å². The lowest BCUT2D eigenvalue weighted by Crippen LogP contribution is -2.32. The average molecular weight is 546 g/mol. The second kappa shape index (κ2) is 10.1. The number of halogens is 4. The molecular formula is C27H24BrClF2N2O. The van der Waals surface area contributed by atoms with E-state index in [1.807, 2.05) is 61.5 Å². The first-order chi connectivity index (χ1) is 16.2. The summed E-state index contributed by atoms with van der Waals surface area (Å²) in [7, 11) is 3.74. The first-order valence-electron chi connectivity index (χ1n) is 10.8. The van der Waals surface area contributed by atoms with E-state index in [9.17, 15) is 13.9 Å². The van der Waals surface area contributed by atoms with Crippen molar-refractivity contribution in [1.29, 1.82) is 0 Å². The summed E-state index contributed by atoms with van der Waals surface area (Å²) in [5.74, 6) is -1.51. The van der Waals surface area contributed by atoms with Crippen LogP contribution < -0.4 is 0 Å². The Morgan fingerprint density at radius 3 is 2.32 bits per heavy atom. The minimum atomic E-state index is -1.70. The topological polar surface area (TPSA) is 36.4 Å². The van der Waals surface area contributed by atoms with Gasteiger partial charge >= 0.3 is 0 Å². The highest BCUT2D eigenvalue weighted by Gasteiger charge is 2.35. The minimum Gasteiger partial charge on any atom is -0.380 e. The molecule has 1 N–H and O–H groups in total. The van der Waals surface area contributed by atoms with Crippen LogP contribution in [-0.4, -0.2) is 35.6 Å². The van der Waals surface area contributed by atoms with Gasteiger partial charge in [0.15, 0.2) is 0 Å². The molecule has 7 heteroatoms. The Labute approximate surface area is 211 Å². The smallest absolute Gasteiger partial charge is 0.133 e. The van der Waals surface area contributed by atoms with E-state index in [1.165, 1.54) is 0 Å². The Bertz CT molecular complexity index is 1310. The van der Waals surface area contributed by atoms with Gasteiger partial charge in [0.05, 0.1) is 5.52 Å². The van der Waals surface area contributed by atoms with Crippen molar-refractivity contribution in [2.24, 2.45) is 0 Å². The summed E-state index contributed by atoms with van der Waals surface area (Å²) in [5.41, 5.74) is 1.27. The van der Waals surface area contributed by atoms with Gasteiger partial charge in [0.1, 0.15) is 22.4 Å². The Balaban J connectivity index is 1.91. The highest BCUT2D eigenvalue weighted by Crippen LogP contribution is 2.40. The van der Waals surface area contributed by atoms with Gasteiger partial charge in [-0.1, -0.05) is 57.9 Å². The quantitative estimate of drug-likeness (QED) is 0.262. The lowest BCUT2D eigenvalue weighted by atomic mass is 9.82. The molecule has 176 valence electrons. The zero-order chi connectivity index (χ0) is 24.5. The monoisotopic (exact) mass is 544 g/mol. The van der Waals surface area contributed by atoms with Crippen LogP contribution in [-0.2, 0) is 12.0 Å². The number of rotatable bonds is 7. The van der Waals surface area contributed by atoms with E-state index in [1.54, 1.807) is 6.07 Å². The van der Waals surface area contributed by atoms with Crippen molar-refractivity contribution in [1.82, 2.24) is 9.88 Å². The fourth-order valence-electron chi connectivity index (χ4n) is 4.14. The zero-order valence-corrected chi connectivity index (χ0v) is 21.2. The Hall–Kier alpha value is -2.38. The third-order valence-electron chi connectivity index (χ3n) is 5.85. The summed E-state index contributed by atoms with van der Waals surface area (Å²) in [6.07, 6.45) is 0.796. The molecule has 0 aliphatic rings. The molecule has 0 fully saturated rings. The number of pyridine rings is 1. The average Bonchev–Trinajstić information content (AvgIpc) is 2.78. The molecule has 0 aliphatic heterocycles. The van der Waals surface area contributed by atoms with E-state index in [2.05, 4.69) is 20.9 Å². The predicted molar refractivity (Wildman–Crippen MR) is 136 cm³/mol. The Morgan fingerprint density at radius 1 is 1.00 bits per heavy atom. The van der Waals surface area contributed by atoms with Crippen molar-refractivity contribution in [2.45, 2.75) is 18.4 Å². The van der Waals surface area contributed by atoms with Crippen LogP contribution in [0.4, 0.5) is 8.78 Å². The second-order valence-corrected chi connectivity index (χ2v) is 9.97. The molecule has 1 atom stereocenters. The number of fused-ring (bicyclic) bond motifs is 1. The van der Waals surface area contributed by atoms with Crippen LogP contribution in [0.5, 0.6) is 0 Å². The molecule has 0 spiro atoms. The standard InChI is InChI=1S/C27H24BrClF2N2O/c1-33(2)9-8-27(34,20-13-22(30)16-23(31)14-20)24-15-21(28)12-18-11-19(26(29)32-25(18)24)10-17-6-4-3-5-7-17/h3-7,11-16,34H,8-10H2,1-2H3. The molecule has 0 saturated heterocycles. The third kappa shape index (κ3) is 5.31. The minimum absolute atomic E-state index is 0.123. The molecule has 3 nitrogen and oxygen atoms in total. The number of hydrogen-bond donors (Lipinski definition) is 1. The zero-order valence-electron chi connectivity index (χ0n) is 18.8. The van der Waals surface area contributed by atoms with Gasteiger partial charge in [0.25, 0.3) is 0 Å². The number of benzene rings is 3. The van der Waals surface area contributed by atoms with E-state index in [4.69, 9.17) is 11.6 Å². The van der Waals surface area contributed by atoms with Crippen LogP contribution in [0.1, 0.15) is 28.7 Å². The molecule has 0 amide bonds. The largest absolute Gasteiger partial charge is 0.380 e. The molecule has 4 rings (SSSR count). The molecule has 3 aromatic carbocycles. The van der Waals surface area contributed by atoms with Crippen molar-refractivity contribution in [3.63, 3.8) is 0 Å². The molecule has 34 heavy (non-hydrogen) atoms. The van der Waals surface area contributed by atoms with Crippen LogP contribution >= 0.6 is 27.5 Å². The normalized spacial score (nSPS) is 13.4. The molecule has 1 unspecified atom stereocenters. The van der Waals surface area contributed by atoms with E-state index >= 15 is 0 Å². The number of aromatic nitrogens is 1. The number of aliphatic hydroxyl groups is 1. The van der Waals surface area contributed by atoms with Gasteiger partial charge in [-0.2, -0.15) is 0 Å². The predicted octanol–water partition coefficient (Wildman–Crippen LogP) is 6.71. The maximum atomic E-state index is 14.2. The van der Waals surface area contributed by atoms with Crippen molar-refractivity contribution in [2.75, 3.05) is 20.6 Å². The second-order valence-electron chi connectivity index (χ2n) is 8.70. The van der Waals surface area contributed by atoms with Gasteiger partial charge < -0.3 is 10.0 Å². The lowest BCUT2D eigenvalue weighted by molar-refractivity contribution is 0.0635. The van der Waals surface area contributed by atoms with E-state index in [-0.39, 0.29) is 12.0 Å². The molecule has 0 radical (unpaired) electrons. The first kappa shape index (κ1) is 24.7. The van der Waals surface area contributed by atoms with Crippen LogP contribution in [0.2, 0.25) is 5.15 Å². The van der Waals surface area contributed by atoms with Crippen LogP contribution in [0.15, 0.2) is 71.2 Å². The number of hydrogen-bond acceptors (Lipinski definition) is 3. The van der Waals surface area contributed by atoms with Crippen molar-refractivity contribution < 1.29 is 13.9 Å². The molecule has 1 aromatic heterocycles. The van der Waals surface area contributed by atoms with Crippen molar-refractivity contribution >= 4 is 38.4 Å². The maximum absolute atomic E-state index is 14.2. The molecule has 0 aliphatic carbocycles. The van der Waals surface area contributed by atoms with Crippen LogP contribution in [0.3, 0.4) is 0 Å². The van der Waals surface area contributed by atoms with Gasteiger partial charge in [-0.05, 0) is 67.5 Å². The SMILES string of the molecule is CN(C)CCC(O)(c1cc(F)cc(F)c1)c1cc(Br)cc2cc(Cc3ccccc3)c(Cl)nc12. The Kier molecular flexibility index (Phi) is 7.33. The summed E-state index contributed by atoms with van der Waals surface area (Å²) in [6, 6.07) is 18.6. The fourth-order valence-corrected chi connectivity index (χ4v) is 4.82. The van der Waals surface area contributed by atoms with Gasteiger partial charge in [-0.15, -0.1) is 0 Å². The molecule has 0 bridgehead atoms. The van der Waals surface area contributed by atoms with Gasteiger partial charge in [0.2, 0.25) is 0 Å². The fraction of sp³-hybridized carbons (Fsp3) is 0.222. The maximum Gasteiger partial charge on any atom is 0.133 e. The molecule has 0 saturated carbocycles. The van der Waals surface area contributed by atoms with Crippen molar-refractivity contribution in [3.8, 4) is 0 Å². The van der Waals surface area contributed by atoms with Crippen LogP contribution in [0, 0.1) is 11.6 Å². The summed E-state index contributed by atoms with van der Waals surface area (Å²) in [6.45, 7) is 0.475. The first-order valence-corrected chi connectivity index (χ1v) is 12.0. The van der Waals surface area contributed by atoms with Gasteiger partial charge in [0, 0.05) is 34.5 Å². The lowest BCUT2D eigenvalue weighted by Gasteiger charge is -2.32. The van der Waals surface area contributed by atoms with E-state index in [0.717, 1.165) is 34.7 Å². The van der Waals surface area contributed by atoms with Gasteiger partial charge in [-0.3, -0.25) is 0 Å². The number of nitrogens with zero attached hydrogens (tertiary/aromatic N) is 2. The highest BCUT2D eigenvalue weighted by atomic mass is 79.9. The highest BCUT2D eigenvalue weighted by molar-refractivity contribution is 9.10. The summed E-state index contributed by atoms with van der Waals surface area (Å²) in [4.78, 5) is 6.56. The third-order valence-corrected chi connectivity index (χ3v) is 6.64. The van der Waals surface area contributed by atoms with Crippen LogP contribution in [0.25, 0.3) is 10.9 Å². The summed E-state index contributed by atoms with van der Waals surface area (Å²) in [5, 5.41) is 13.1. The molecular weight excluding hydrogens is 522 g/mol. The molecule has 4 aromatic rings.